The molecule has 0 amide bonds. The number of hydrogen-bond acceptors (Lipinski definition) is 3. The second kappa shape index (κ2) is 3.38. The summed E-state index contributed by atoms with van der Waals surface area (Å²) in [6, 6.07) is 9.66. The lowest BCUT2D eigenvalue weighted by atomic mass is 10.1. The number of nitrogens with one attached hydrogen (secondary N) is 1. The van der Waals surface area contributed by atoms with Crippen LogP contribution in [0.1, 0.15) is 15.9 Å². The van der Waals surface area contributed by atoms with Gasteiger partial charge in [-0.15, -0.1) is 0 Å². The number of benzene rings is 2. The number of H-pyrrole nitrogens is 1. The number of rotatable bonds is 0. The van der Waals surface area contributed by atoms with Gasteiger partial charge >= 0.3 is 0 Å². The van der Waals surface area contributed by atoms with E-state index >= 15 is 0 Å². The first-order chi connectivity index (χ1) is 8.74. The highest BCUT2D eigenvalue weighted by Crippen LogP contribution is 2.38. The minimum Gasteiger partial charge on any atom is -0.289 e. The summed E-state index contributed by atoms with van der Waals surface area (Å²) in [5.74, 6) is 0.0726. The van der Waals surface area contributed by atoms with E-state index in [2.05, 4.69) is 38.0 Å². The van der Waals surface area contributed by atoms with E-state index in [0.29, 0.717) is 5.56 Å². The zero-order valence-corrected chi connectivity index (χ0v) is 11.2. The maximum atomic E-state index is 12.3. The number of fused-ring (bicyclic) bond motifs is 4. The number of aromatic amines is 1. The highest BCUT2D eigenvalue weighted by Gasteiger charge is 2.27. The molecule has 1 N–H and O–H groups in total. The summed E-state index contributed by atoms with van der Waals surface area (Å²) < 4.78 is 1.07. The average Bonchev–Trinajstić information content (AvgIpc) is 2.92. The molecule has 18 heavy (non-hydrogen) atoms. The number of carbonyl (C=O) groups excluding carboxylic acids is 1. The van der Waals surface area contributed by atoms with Crippen molar-refractivity contribution in [3.8, 4) is 11.1 Å². The van der Waals surface area contributed by atoms with Gasteiger partial charge in [-0.25, -0.2) is 0 Å². The van der Waals surface area contributed by atoms with E-state index in [1.54, 1.807) is 0 Å². The molecule has 1 aliphatic rings. The second-order valence-electron chi connectivity index (χ2n) is 4.23. The van der Waals surface area contributed by atoms with Gasteiger partial charge in [-0.2, -0.15) is 15.4 Å². The Morgan fingerprint density at radius 3 is 2.33 bits per heavy atom. The Bertz CT molecular complexity index is 822. The topological polar surface area (TPSA) is 58.6 Å². The van der Waals surface area contributed by atoms with Crippen LogP contribution < -0.4 is 0 Å². The fourth-order valence-corrected chi connectivity index (χ4v) is 2.87. The molecular weight excluding hydrogens is 341 g/mol. The van der Waals surface area contributed by atoms with Crippen LogP contribution in [0.2, 0.25) is 0 Å². The highest BCUT2D eigenvalue weighted by molar-refractivity contribution is 14.1. The summed E-state index contributed by atoms with van der Waals surface area (Å²) in [6.07, 6.45) is 0. The van der Waals surface area contributed by atoms with Gasteiger partial charge in [0, 0.05) is 14.7 Å². The number of carbonyl (C=O) groups is 1. The van der Waals surface area contributed by atoms with Crippen LogP contribution in [0.5, 0.6) is 0 Å². The van der Waals surface area contributed by atoms with Crippen molar-refractivity contribution in [3.05, 3.63) is 45.0 Å². The monoisotopic (exact) mass is 347 g/mol. The van der Waals surface area contributed by atoms with Crippen LogP contribution in [0.15, 0.2) is 30.3 Å². The molecule has 4 rings (SSSR count). The Morgan fingerprint density at radius 2 is 1.56 bits per heavy atom. The van der Waals surface area contributed by atoms with Crippen molar-refractivity contribution in [1.82, 2.24) is 15.4 Å². The van der Waals surface area contributed by atoms with Gasteiger partial charge < -0.3 is 0 Å². The quantitative estimate of drug-likeness (QED) is 0.498. The first-order valence-corrected chi connectivity index (χ1v) is 6.51. The van der Waals surface area contributed by atoms with Crippen LogP contribution in [-0.4, -0.2) is 21.2 Å². The van der Waals surface area contributed by atoms with E-state index in [1.807, 2.05) is 30.3 Å². The van der Waals surface area contributed by atoms with E-state index in [4.69, 9.17) is 0 Å². The average molecular weight is 347 g/mol. The lowest BCUT2D eigenvalue weighted by Gasteiger charge is -1.99. The number of aromatic nitrogens is 3. The van der Waals surface area contributed by atoms with Crippen LogP contribution in [0.4, 0.5) is 0 Å². The summed E-state index contributed by atoms with van der Waals surface area (Å²) in [7, 11) is 0. The molecule has 1 aromatic heterocycles. The van der Waals surface area contributed by atoms with Crippen LogP contribution in [0.3, 0.4) is 0 Å². The third kappa shape index (κ3) is 1.22. The molecule has 1 heterocycles. The molecule has 0 saturated carbocycles. The Morgan fingerprint density at radius 1 is 0.889 bits per heavy atom. The number of hydrogen-bond donors (Lipinski definition) is 1. The number of halogens is 1. The van der Waals surface area contributed by atoms with Gasteiger partial charge in [0.25, 0.3) is 0 Å². The largest absolute Gasteiger partial charge is 0.289 e. The molecule has 0 spiro atoms. The van der Waals surface area contributed by atoms with Crippen molar-refractivity contribution in [1.29, 1.82) is 0 Å². The summed E-state index contributed by atoms with van der Waals surface area (Å²) in [6.45, 7) is 0. The van der Waals surface area contributed by atoms with Gasteiger partial charge in [0.1, 0.15) is 11.0 Å². The molecule has 5 heteroatoms. The molecular formula is C13H6IN3O. The van der Waals surface area contributed by atoms with Crippen molar-refractivity contribution < 1.29 is 4.79 Å². The van der Waals surface area contributed by atoms with Crippen molar-refractivity contribution in [2.75, 3.05) is 0 Å². The van der Waals surface area contributed by atoms with Crippen LogP contribution in [0, 0.1) is 3.57 Å². The van der Waals surface area contributed by atoms with Crippen LogP contribution in [0.25, 0.3) is 22.2 Å². The van der Waals surface area contributed by atoms with Crippen molar-refractivity contribution >= 4 is 39.4 Å². The molecule has 0 atom stereocenters. The van der Waals surface area contributed by atoms with Crippen LogP contribution >= 0.6 is 22.6 Å². The van der Waals surface area contributed by atoms with Gasteiger partial charge in [-0.3, -0.25) is 4.79 Å². The summed E-state index contributed by atoms with van der Waals surface area (Å²) in [4.78, 5) is 12.3. The molecule has 3 aromatic rings. The zero-order chi connectivity index (χ0) is 12.3. The fourth-order valence-electron chi connectivity index (χ4n) is 2.38. The predicted molar refractivity (Wildman–Crippen MR) is 75.5 cm³/mol. The summed E-state index contributed by atoms with van der Waals surface area (Å²) >= 11 is 2.22. The third-order valence-electron chi connectivity index (χ3n) is 3.22. The van der Waals surface area contributed by atoms with Gasteiger partial charge in [-0.05, 0) is 58.0 Å². The molecule has 2 aromatic carbocycles. The van der Waals surface area contributed by atoms with Crippen molar-refractivity contribution in [3.63, 3.8) is 0 Å². The van der Waals surface area contributed by atoms with Gasteiger partial charge in [-0.1, -0.05) is 6.07 Å². The highest BCUT2D eigenvalue weighted by atomic mass is 127. The molecule has 86 valence electrons. The van der Waals surface area contributed by atoms with E-state index in [1.165, 1.54) is 0 Å². The Labute approximate surface area is 116 Å². The molecule has 0 saturated heterocycles. The van der Waals surface area contributed by atoms with Gasteiger partial charge in [0.2, 0.25) is 0 Å². The third-order valence-corrected chi connectivity index (χ3v) is 3.89. The number of ketones is 1. The van der Waals surface area contributed by atoms with Gasteiger partial charge in [0.05, 0.1) is 0 Å². The molecule has 0 bridgehead atoms. The molecule has 0 aliphatic heterocycles. The zero-order valence-electron chi connectivity index (χ0n) is 9.07. The predicted octanol–water partition coefficient (Wildman–Crippen LogP) is 2.77. The molecule has 0 fully saturated rings. The maximum absolute atomic E-state index is 12.3. The maximum Gasteiger partial charge on any atom is 0.194 e. The minimum absolute atomic E-state index is 0.0726. The van der Waals surface area contributed by atoms with Crippen LogP contribution in [-0.2, 0) is 0 Å². The summed E-state index contributed by atoms with van der Waals surface area (Å²) in [5, 5.41) is 10.7. The molecule has 0 unspecified atom stereocenters. The first-order valence-electron chi connectivity index (χ1n) is 5.43. The normalized spacial score (nSPS) is 12.8. The smallest absolute Gasteiger partial charge is 0.194 e. The lowest BCUT2D eigenvalue weighted by Crippen LogP contribution is -1.95. The Balaban J connectivity index is 2.12. The van der Waals surface area contributed by atoms with E-state index in [9.17, 15) is 4.79 Å². The molecule has 1 aliphatic carbocycles. The summed E-state index contributed by atoms with van der Waals surface area (Å²) in [5.41, 5.74) is 4.94. The molecule has 4 nitrogen and oxygen atoms in total. The fraction of sp³-hybridized carbons (Fsp3) is 0. The lowest BCUT2D eigenvalue weighted by molar-refractivity contribution is 0.104. The van der Waals surface area contributed by atoms with Crippen molar-refractivity contribution in [2.24, 2.45) is 0 Å². The number of nitrogens with zero attached hydrogens (tertiary/aromatic N) is 2. The van der Waals surface area contributed by atoms with Crippen molar-refractivity contribution in [2.45, 2.75) is 0 Å². The SMILES string of the molecule is O=C1c2cc(I)ccc2-c2cc3n[nH]nc3cc21. The Kier molecular flexibility index (Phi) is 1.91. The Hall–Kier alpha value is -1.76. The second-order valence-corrected chi connectivity index (χ2v) is 5.47. The minimum atomic E-state index is 0.0726. The standard InChI is InChI=1S/C13H6IN3O/c14-6-1-2-7-8-4-11-12(16-17-15-11)5-10(8)13(18)9(7)3-6/h1-5H,(H,15,16,17). The molecule has 0 radical (unpaired) electrons. The van der Waals surface area contributed by atoms with E-state index in [-0.39, 0.29) is 5.78 Å². The van der Waals surface area contributed by atoms with E-state index in [0.717, 1.165) is 31.3 Å². The first kappa shape index (κ1) is 10.2. The van der Waals surface area contributed by atoms with E-state index < -0.39 is 0 Å². The van der Waals surface area contributed by atoms with Gasteiger partial charge in [0.15, 0.2) is 5.78 Å².